The number of anilines is 1. The van der Waals surface area contributed by atoms with Gasteiger partial charge in [-0.1, -0.05) is 50.2 Å². The molecular weight excluding hydrogens is 511 g/mol. The van der Waals surface area contributed by atoms with Crippen LogP contribution in [0.2, 0.25) is 0 Å². The maximum Gasteiger partial charge on any atom is 0.416 e. The van der Waals surface area contributed by atoms with E-state index in [2.05, 4.69) is 28.5 Å². The van der Waals surface area contributed by atoms with Gasteiger partial charge in [-0.2, -0.15) is 13.2 Å². The molecule has 0 saturated heterocycles. The highest BCUT2D eigenvalue weighted by molar-refractivity contribution is 7.92. The quantitative estimate of drug-likeness (QED) is 0.283. The van der Waals surface area contributed by atoms with Crippen LogP contribution in [0.1, 0.15) is 59.9 Å². The number of aryl methyl sites for hydroxylation is 1. The molecule has 38 heavy (non-hydrogen) atoms. The monoisotopic (exact) mass is 537 g/mol. The zero-order valence-corrected chi connectivity index (χ0v) is 21.6. The molecule has 0 amide bonds. The molecule has 1 aliphatic carbocycles. The summed E-state index contributed by atoms with van der Waals surface area (Å²) in [5.74, 6) is 0.123. The van der Waals surface area contributed by atoms with Gasteiger partial charge in [0.15, 0.2) is 0 Å². The Hall–Kier alpha value is -3.72. The van der Waals surface area contributed by atoms with Gasteiger partial charge in [-0.15, -0.1) is 0 Å². The number of nitrogens with one attached hydrogen (secondary N) is 1. The third-order valence-corrected chi connectivity index (χ3v) is 8.26. The molecule has 0 spiro atoms. The lowest BCUT2D eigenvalue weighted by Gasteiger charge is -2.20. The Morgan fingerprint density at radius 3 is 2.26 bits per heavy atom. The van der Waals surface area contributed by atoms with Gasteiger partial charge < -0.3 is 0 Å². The van der Waals surface area contributed by atoms with Crippen LogP contribution < -0.4 is 4.72 Å². The van der Waals surface area contributed by atoms with Crippen LogP contribution >= 0.6 is 0 Å². The number of benzene rings is 3. The van der Waals surface area contributed by atoms with Crippen LogP contribution in [0.25, 0.3) is 11.1 Å². The average Bonchev–Trinajstić information content (AvgIpc) is 3.31. The lowest BCUT2D eigenvalue weighted by atomic mass is 9.85. The zero-order chi connectivity index (χ0) is 27.1. The highest BCUT2D eigenvalue weighted by Crippen LogP contribution is 2.44. The lowest BCUT2D eigenvalue weighted by molar-refractivity contribution is -0.137. The molecule has 1 heterocycles. The number of hydrogen-bond donors (Lipinski definition) is 1. The number of aromatic nitrogens is 2. The molecule has 0 fully saturated rings. The van der Waals surface area contributed by atoms with E-state index in [4.69, 9.17) is 0 Å². The summed E-state index contributed by atoms with van der Waals surface area (Å²) in [7, 11) is -3.90. The van der Waals surface area contributed by atoms with Crippen LogP contribution in [-0.4, -0.2) is 18.4 Å². The van der Waals surface area contributed by atoms with Crippen molar-refractivity contribution >= 4 is 16.0 Å². The number of sulfonamides is 1. The molecule has 1 aromatic heterocycles. The molecular formula is C29H26F3N3O2S. The summed E-state index contributed by atoms with van der Waals surface area (Å²) in [6.45, 7) is 4.13. The Bertz CT molecular complexity index is 1570. The second-order valence-corrected chi connectivity index (χ2v) is 11.4. The van der Waals surface area contributed by atoms with Gasteiger partial charge in [0.2, 0.25) is 5.95 Å². The summed E-state index contributed by atoms with van der Waals surface area (Å²) in [5, 5.41) is 0. The van der Waals surface area contributed by atoms with Crippen molar-refractivity contribution in [3.05, 3.63) is 107 Å². The van der Waals surface area contributed by atoms with Gasteiger partial charge >= 0.3 is 6.18 Å². The van der Waals surface area contributed by atoms with Crippen molar-refractivity contribution < 1.29 is 21.6 Å². The van der Waals surface area contributed by atoms with Crippen molar-refractivity contribution in [1.82, 2.24) is 9.97 Å². The second kappa shape index (κ2) is 9.87. The van der Waals surface area contributed by atoms with Crippen molar-refractivity contribution in [2.24, 2.45) is 0 Å². The maximum atomic E-state index is 13.6. The fourth-order valence-electron chi connectivity index (χ4n) is 4.95. The molecule has 5 rings (SSSR count). The summed E-state index contributed by atoms with van der Waals surface area (Å²) in [5.41, 5.74) is 4.23. The van der Waals surface area contributed by atoms with Crippen LogP contribution in [-0.2, 0) is 22.6 Å². The topological polar surface area (TPSA) is 72.0 Å². The minimum atomic E-state index is -4.46. The number of rotatable bonds is 6. The highest BCUT2D eigenvalue weighted by Gasteiger charge is 2.33. The van der Waals surface area contributed by atoms with E-state index >= 15 is 0 Å². The molecule has 1 aliphatic rings. The maximum absolute atomic E-state index is 13.6. The molecule has 1 atom stereocenters. The summed E-state index contributed by atoms with van der Waals surface area (Å²) >= 11 is 0. The van der Waals surface area contributed by atoms with Gasteiger partial charge in [-0.25, -0.2) is 23.1 Å². The zero-order valence-electron chi connectivity index (χ0n) is 20.8. The van der Waals surface area contributed by atoms with Gasteiger partial charge in [-0.05, 0) is 82.5 Å². The lowest BCUT2D eigenvalue weighted by Crippen LogP contribution is -2.15. The molecule has 0 saturated carbocycles. The number of halogens is 3. The number of alkyl halides is 3. The van der Waals surface area contributed by atoms with Gasteiger partial charge in [-0.3, -0.25) is 0 Å². The Kier molecular flexibility index (Phi) is 6.73. The summed E-state index contributed by atoms with van der Waals surface area (Å²) < 4.78 is 69.1. The van der Waals surface area contributed by atoms with Crippen molar-refractivity contribution in [2.45, 2.75) is 49.6 Å². The van der Waals surface area contributed by atoms with E-state index in [1.54, 1.807) is 24.3 Å². The molecule has 196 valence electrons. The average molecular weight is 538 g/mol. The van der Waals surface area contributed by atoms with Crippen LogP contribution in [0.3, 0.4) is 0 Å². The minimum absolute atomic E-state index is 0.0243. The van der Waals surface area contributed by atoms with E-state index in [-0.39, 0.29) is 16.8 Å². The molecule has 4 aromatic rings. The molecule has 9 heteroatoms. The molecule has 3 aromatic carbocycles. The fourth-order valence-corrected chi connectivity index (χ4v) is 5.96. The Morgan fingerprint density at radius 2 is 1.61 bits per heavy atom. The summed E-state index contributed by atoms with van der Waals surface area (Å²) in [6, 6.07) is 18.0. The van der Waals surface area contributed by atoms with Crippen molar-refractivity contribution in [1.29, 1.82) is 0 Å². The van der Waals surface area contributed by atoms with Gasteiger partial charge in [0.05, 0.1) is 10.5 Å². The minimum Gasteiger partial charge on any atom is -0.247 e. The normalized spacial score (nSPS) is 15.5. The summed E-state index contributed by atoms with van der Waals surface area (Å²) in [6.07, 6.45) is -0.307. The third kappa shape index (κ3) is 5.15. The number of nitrogens with zero attached hydrogens (tertiary/aromatic N) is 2. The first-order valence-electron chi connectivity index (χ1n) is 12.3. The van der Waals surface area contributed by atoms with Crippen LogP contribution in [0.4, 0.5) is 19.1 Å². The van der Waals surface area contributed by atoms with E-state index in [0.717, 1.165) is 33.9 Å². The van der Waals surface area contributed by atoms with E-state index in [1.165, 1.54) is 24.5 Å². The fraction of sp³-hybridized carbons (Fsp3) is 0.241. The van der Waals surface area contributed by atoms with Crippen molar-refractivity contribution in [3.8, 4) is 11.1 Å². The first-order chi connectivity index (χ1) is 18.0. The third-order valence-electron chi connectivity index (χ3n) is 6.94. The predicted molar refractivity (Wildman–Crippen MR) is 140 cm³/mol. The Labute approximate surface area is 219 Å². The van der Waals surface area contributed by atoms with E-state index < -0.39 is 21.8 Å². The molecule has 0 bridgehead atoms. The van der Waals surface area contributed by atoms with E-state index in [1.807, 2.05) is 24.3 Å². The van der Waals surface area contributed by atoms with Crippen LogP contribution in [0, 0.1) is 0 Å². The van der Waals surface area contributed by atoms with Crippen molar-refractivity contribution in [3.63, 3.8) is 0 Å². The predicted octanol–water partition coefficient (Wildman–Crippen LogP) is 7.16. The van der Waals surface area contributed by atoms with Gasteiger partial charge in [0, 0.05) is 18.3 Å². The molecule has 0 aliphatic heterocycles. The largest absolute Gasteiger partial charge is 0.416 e. The SMILES string of the molecule is CC(C)c1ccc(-c2cc(C(F)(F)F)ccc2C2CCc3cc(S(=O)(=O)Nc4ncccn4)ccc32)cc1. The number of hydrogen-bond acceptors (Lipinski definition) is 4. The van der Waals surface area contributed by atoms with Gasteiger partial charge in [0.1, 0.15) is 0 Å². The summed E-state index contributed by atoms with van der Waals surface area (Å²) in [4.78, 5) is 7.90. The molecule has 1 unspecified atom stereocenters. The Morgan fingerprint density at radius 1 is 0.921 bits per heavy atom. The van der Waals surface area contributed by atoms with Crippen molar-refractivity contribution in [2.75, 3.05) is 4.72 Å². The first-order valence-corrected chi connectivity index (χ1v) is 13.8. The standard InChI is InChI=1S/C29H26F3N3O2S/c1-18(2)19-4-6-20(7-5-19)27-17-22(29(30,31)32)9-12-26(27)25-11-8-21-16-23(10-13-24(21)25)38(36,37)35-28-33-14-3-15-34-28/h3-7,9-10,12-18,25H,8,11H2,1-2H3,(H,33,34,35). The number of fused-ring (bicyclic) bond motifs is 1. The molecule has 1 N–H and O–H groups in total. The van der Waals surface area contributed by atoms with E-state index in [0.29, 0.717) is 24.3 Å². The first kappa shape index (κ1) is 25.9. The second-order valence-electron chi connectivity index (χ2n) is 9.71. The van der Waals surface area contributed by atoms with Gasteiger partial charge in [0.25, 0.3) is 10.0 Å². The van der Waals surface area contributed by atoms with Crippen LogP contribution in [0.15, 0.2) is 84.0 Å². The van der Waals surface area contributed by atoms with Crippen LogP contribution in [0.5, 0.6) is 0 Å². The Balaban J connectivity index is 1.53. The molecule has 5 nitrogen and oxygen atoms in total. The van der Waals surface area contributed by atoms with E-state index in [9.17, 15) is 21.6 Å². The smallest absolute Gasteiger partial charge is 0.247 e. The highest BCUT2D eigenvalue weighted by atomic mass is 32.2. The molecule has 0 radical (unpaired) electrons.